The smallest absolute Gasteiger partial charge is 0.336 e. The summed E-state index contributed by atoms with van der Waals surface area (Å²) in [6.45, 7) is 3.25. The minimum Gasteiger partial charge on any atom is -0.336 e. The van der Waals surface area contributed by atoms with Gasteiger partial charge in [-0.15, -0.1) is 0 Å². The summed E-state index contributed by atoms with van der Waals surface area (Å²) in [5.74, 6) is 4.47. The number of halogens is 4. The van der Waals surface area contributed by atoms with Crippen LogP contribution in [-0.4, -0.2) is 16.4 Å². The Morgan fingerprint density at radius 1 is 1.07 bits per heavy atom. The zero-order valence-electron chi connectivity index (χ0n) is 15.6. The van der Waals surface area contributed by atoms with Crippen LogP contribution in [0.1, 0.15) is 35.3 Å². The summed E-state index contributed by atoms with van der Waals surface area (Å²) in [6, 6.07) is 10.6. The molecule has 29 heavy (non-hydrogen) atoms. The predicted molar refractivity (Wildman–Crippen MR) is 102 cm³/mol. The molecule has 0 atom stereocenters. The third-order valence-electron chi connectivity index (χ3n) is 4.06. The van der Waals surface area contributed by atoms with Crippen molar-refractivity contribution in [1.29, 1.82) is 0 Å². The van der Waals surface area contributed by atoms with Gasteiger partial charge in [0.15, 0.2) is 0 Å². The van der Waals surface area contributed by atoms with Crippen LogP contribution in [0.3, 0.4) is 0 Å². The van der Waals surface area contributed by atoms with E-state index in [9.17, 15) is 22.4 Å². The Hall–Kier alpha value is -3.40. The van der Waals surface area contributed by atoms with E-state index in [-0.39, 0.29) is 16.6 Å². The number of aromatic nitrogens is 1. The summed E-state index contributed by atoms with van der Waals surface area (Å²) in [5.41, 5.74) is -1.25. The first-order valence-corrected chi connectivity index (χ1v) is 8.62. The van der Waals surface area contributed by atoms with Crippen molar-refractivity contribution < 1.29 is 22.4 Å². The monoisotopic (exact) mass is 400 g/mol. The molecule has 148 valence electrons. The number of para-hydroxylation sites is 1. The normalized spacial score (nSPS) is 11.7. The summed E-state index contributed by atoms with van der Waals surface area (Å²) in [6.07, 6.45) is -3.19. The molecule has 3 nitrogen and oxygen atoms in total. The molecule has 1 heterocycles. The van der Waals surface area contributed by atoms with Crippen LogP contribution in [0.2, 0.25) is 0 Å². The maximum Gasteiger partial charge on any atom is 0.416 e. The van der Waals surface area contributed by atoms with Crippen LogP contribution in [0.5, 0.6) is 0 Å². The first kappa shape index (κ1) is 20.3. The van der Waals surface area contributed by atoms with Crippen LogP contribution in [0.25, 0.3) is 10.9 Å². The van der Waals surface area contributed by atoms with Crippen LogP contribution in [0.15, 0.2) is 54.7 Å². The van der Waals surface area contributed by atoms with E-state index in [0.717, 1.165) is 12.1 Å². The largest absolute Gasteiger partial charge is 0.416 e. The maximum atomic E-state index is 13.7. The summed E-state index contributed by atoms with van der Waals surface area (Å²) in [5, 5.41) is 3.18. The Morgan fingerprint density at radius 3 is 2.52 bits per heavy atom. The summed E-state index contributed by atoms with van der Waals surface area (Å²) in [7, 11) is 0. The Balaban J connectivity index is 1.80. The van der Waals surface area contributed by atoms with Crippen LogP contribution >= 0.6 is 0 Å². The SMILES string of the molecule is CC(C)(C#Cc1cccc(C(F)(F)F)c1)NC(=O)c1cnc2c(F)cccc2c1. The standard InChI is InChI=1S/C22H16F4N2O/c1-21(2,10-9-14-5-3-7-17(11-14)22(24,25)26)28-20(29)16-12-15-6-4-8-18(23)19(15)27-13-16/h3-8,11-13H,1-2H3,(H,28,29). The number of fused-ring (bicyclic) bond motifs is 1. The second-order valence-electron chi connectivity index (χ2n) is 6.94. The van der Waals surface area contributed by atoms with E-state index in [1.165, 1.54) is 36.5 Å². The van der Waals surface area contributed by atoms with Gasteiger partial charge in [0.25, 0.3) is 5.91 Å². The van der Waals surface area contributed by atoms with E-state index in [2.05, 4.69) is 22.1 Å². The third-order valence-corrected chi connectivity index (χ3v) is 4.06. The summed E-state index contributed by atoms with van der Waals surface area (Å²) >= 11 is 0. The van der Waals surface area contributed by atoms with Gasteiger partial charge in [0.1, 0.15) is 11.3 Å². The Labute approximate surface area is 164 Å². The number of nitrogens with zero attached hydrogens (tertiary/aromatic N) is 1. The lowest BCUT2D eigenvalue weighted by Gasteiger charge is -2.20. The molecule has 2 aromatic carbocycles. The van der Waals surface area contributed by atoms with Gasteiger partial charge in [-0.1, -0.05) is 30.0 Å². The van der Waals surface area contributed by atoms with Crippen LogP contribution in [-0.2, 0) is 6.18 Å². The fourth-order valence-electron chi connectivity index (χ4n) is 2.64. The predicted octanol–water partition coefficient (Wildman–Crippen LogP) is 4.95. The zero-order valence-corrected chi connectivity index (χ0v) is 15.6. The van der Waals surface area contributed by atoms with Crippen molar-refractivity contribution in [2.24, 2.45) is 0 Å². The van der Waals surface area contributed by atoms with Crippen molar-refractivity contribution in [3.05, 3.63) is 77.2 Å². The number of hydrogen-bond acceptors (Lipinski definition) is 2. The minimum atomic E-state index is -4.45. The Morgan fingerprint density at radius 2 is 1.79 bits per heavy atom. The molecule has 0 bridgehead atoms. The third kappa shape index (κ3) is 4.91. The molecule has 1 N–H and O–H groups in total. The lowest BCUT2D eigenvalue weighted by molar-refractivity contribution is -0.137. The van der Waals surface area contributed by atoms with Crippen LogP contribution in [0, 0.1) is 17.7 Å². The van der Waals surface area contributed by atoms with Gasteiger partial charge < -0.3 is 5.32 Å². The lowest BCUT2D eigenvalue weighted by atomic mass is 10.0. The maximum absolute atomic E-state index is 13.7. The fourth-order valence-corrected chi connectivity index (χ4v) is 2.64. The van der Waals surface area contributed by atoms with Crippen molar-refractivity contribution >= 4 is 16.8 Å². The van der Waals surface area contributed by atoms with Gasteiger partial charge in [-0.05, 0) is 44.2 Å². The van der Waals surface area contributed by atoms with E-state index >= 15 is 0 Å². The van der Waals surface area contributed by atoms with E-state index < -0.39 is 29.0 Å². The minimum absolute atomic E-state index is 0.160. The number of hydrogen-bond donors (Lipinski definition) is 1. The number of rotatable bonds is 2. The molecule has 0 aliphatic heterocycles. The van der Waals surface area contributed by atoms with Gasteiger partial charge in [-0.3, -0.25) is 9.78 Å². The van der Waals surface area contributed by atoms with Crippen molar-refractivity contribution in [2.45, 2.75) is 25.6 Å². The molecular weight excluding hydrogens is 384 g/mol. The Bertz CT molecular complexity index is 1140. The fraction of sp³-hybridized carbons (Fsp3) is 0.182. The molecule has 3 rings (SSSR count). The number of pyridine rings is 1. The Kier molecular flexibility index (Phi) is 5.29. The number of amides is 1. The van der Waals surface area contributed by atoms with E-state index in [0.29, 0.717) is 5.39 Å². The van der Waals surface area contributed by atoms with Gasteiger partial charge in [-0.2, -0.15) is 13.2 Å². The molecule has 0 unspecified atom stereocenters. The molecule has 3 aromatic rings. The molecule has 0 aliphatic rings. The molecular formula is C22H16F4N2O. The van der Waals surface area contributed by atoms with Gasteiger partial charge >= 0.3 is 6.18 Å². The first-order valence-electron chi connectivity index (χ1n) is 8.62. The van der Waals surface area contributed by atoms with Crippen LogP contribution in [0.4, 0.5) is 17.6 Å². The second kappa shape index (κ2) is 7.55. The molecule has 0 spiro atoms. The average molecular weight is 400 g/mol. The number of alkyl halides is 3. The molecule has 0 aliphatic carbocycles. The number of carbonyl (C=O) groups excluding carboxylic acids is 1. The van der Waals surface area contributed by atoms with Crippen molar-refractivity contribution in [1.82, 2.24) is 10.3 Å². The summed E-state index contributed by atoms with van der Waals surface area (Å²) < 4.78 is 52.1. The molecule has 0 saturated carbocycles. The van der Waals surface area contributed by atoms with Gasteiger partial charge in [0.05, 0.1) is 16.7 Å². The number of carbonyl (C=O) groups is 1. The van der Waals surface area contributed by atoms with E-state index in [1.54, 1.807) is 19.9 Å². The van der Waals surface area contributed by atoms with Crippen molar-refractivity contribution in [3.8, 4) is 11.8 Å². The molecule has 7 heteroatoms. The molecule has 0 saturated heterocycles. The topological polar surface area (TPSA) is 42.0 Å². The molecule has 0 fully saturated rings. The van der Waals surface area contributed by atoms with Crippen molar-refractivity contribution in [3.63, 3.8) is 0 Å². The van der Waals surface area contributed by atoms with Gasteiger partial charge in [-0.25, -0.2) is 4.39 Å². The summed E-state index contributed by atoms with van der Waals surface area (Å²) in [4.78, 5) is 16.5. The highest BCUT2D eigenvalue weighted by Crippen LogP contribution is 2.29. The highest BCUT2D eigenvalue weighted by molar-refractivity contribution is 5.97. The first-order chi connectivity index (χ1) is 13.5. The highest BCUT2D eigenvalue weighted by atomic mass is 19.4. The molecule has 1 aromatic heterocycles. The van der Waals surface area contributed by atoms with E-state index in [1.807, 2.05) is 0 Å². The zero-order chi connectivity index (χ0) is 21.2. The highest BCUT2D eigenvalue weighted by Gasteiger charge is 2.30. The van der Waals surface area contributed by atoms with Gasteiger partial charge in [0, 0.05) is 17.1 Å². The second-order valence-corrected chi connectivity index (χ2v) is 6.94. The molecule has 1 amide bonds. The van der Waals surface area contributed by atoms with E-state index in [4.69, 9.17) is 0 Å². The number of benzene rings is 2. The quantitative estimate of drug-likeness (QED) is 0.488. The lowest BCUT2D eigenvalue weighted by Crippen LogP contribution is -2.42. The van der Waals surface area contributed by atoms with Crippen molar-refractivity contribution in [2.75, 3.05) is 0 Å². The molecule has 0 radical (unpaired) electrons. The van der Waals surface area contributed by atoms with Crippen LogP contribution < -0.4 is 5.32 Å². The number of nitrogens with one attached hydrogen (secondary N) is 1. The average Bonchev–Trinajstić information content (AvgIpc) is 2.66. The van der Waals surface area contributed by atoms with Gasteiger partial charge in [0.2, 0.25) is 0 Å².